The van der Waals surface area contributed by atoms with Crippen molar-refractivity contribution in [1.82, 2.24) is 15.2 Å². The van der Waals surface area contributed by atoms with E-state index in [9.17, 15) is 14.0 Å². The van der Waals surface area contributed by atoms with Gasteiger partial charge in [-0.05, 0) is 39.3 Å². The van der Waals surface area contributed by atoms with Crippen LogP contribution in [0.2, 0.25) is 0 Å². The van der Waals surface area contributed by atoms with Gasteiger partial charge >= 0.3 is 6.03 Å². The Balaban J connectivity index is 1.86. The molecule has 1 N–H and O–H groups in total. The molecule has 6 nitrogen and oxygen atoms in total. The number of aryl methyl sites for hydroxylation is 1. The molecule has 0 saturated carbocycles. The van der Waals surface area contributed by atoms with Gasteiger partial charge in [0.05, 0.1) is 11.8 Å². The van der Waals surface area contributed by atoms with E-state index in [2.05, 4.69) is 10.4 Å². The van der Waals surface area contributed by atoms with E-state index in [0.29, 0.717) is 17.7 Å². The van der Waals surface area contributed by atoms with Gasteiger partial charge in [-0.25, -0.2) is 14.2 Å². The molecule has 1 heterocycles. The lowest BCUT2D eigenvalue weighted by atomic mass is 9.97. The van der Waals surface area contributed by atoms with Crippen LogP contribution in [-0.4, -0.2) is 46.7 Å². The monoisotopic (exact) mass is 424 g/mol. The number of hydrogen-bond donors (Lipinski definition) is 1. The fourth-order valence-corrected chi connectivity index (χ4v) is 3.41. The number of nitrogens with zero attached hydrogens (tertiary/aromatic N) is 3. The first-order chi connectivity index (χ1) is 14.5. The van der Waals surface area contributed by atoms with Crippen LogP contribution in [0.1, 0.15) is 49.9 Å². The highest BCUT2D eigenvalue weighted by molar-refractivity contribution is 6.03. The second-order valence-corrected chi connectivity index (χ2v) is 8.93. The number of carbonyl (C=O) groups is 2. The van der Waals surface area contributed by atoms with Crippen LogP contribution in [0.5, 0.6) is 0 Å². The van der Waals surface area contributed by atoms with Gasteiger partial charge in [0.25, 0.3) is 5.91 Å². The van der Waals surface area contributed by atoms with Gasteiger partial charge in [-0.15, -0.1) is 0 Å². The zero-order chi connectivity index (χ0) is 22.8. The molecule has 0 aromatic heterocycles. The third kappa shape index (κ3) is 5.48. The summed E-state index contributed by atoms with van der Waals surface area (Å²) in [5.41, 5.74) is 2.50. The summed E-state index contributed by atoms with van der Waals surface area (Å²) in [6.07, 6.45) is 0.396. The molecule has 31 heavy (non-hydrogen) atoms. The van der Waals surface area contributed by atoms with E-state index in [0.717, 1.165) is 11.1 Å². The van der Waals surface area contributed by atoms with E-state index in [-0.39, 0.29) is 30.3 Å². The number of amides is 3. The minimum atomic E-state index is -0.414. The summed E-state index contributed by atoms with van der Waals surface area (Å²) in [6, 6.07) is 13.6. The van der Waals surface area contributed by atoms with Crippen molar-refractivity contribution >= 4 is 17.6 Å². The molecule has 1 aliphatic heterocycles. The van der Waals surface area contributed by atoms with Crippen molar-refractivity contribution in [2.75, 3.05) is 13.6 Å². The van der Waals surface area contributed by atoms with E-state index in [4.69, 9.17) is 0 Å². The SMILES string of the molecule is Cc1ccc([C@@H]2CC(c3ccccc3F)=NN2C(=O)CN(C)C(=O)NC(C)(C)C)cc1. The van der Waals surface area contributed by atoms with Gasteiger partial charge in [0.15, 0.2) is 0 Å². The van der Waals surface area contributed by atoms with Crippen LogP contribution in [0.4, 0.5) is 9.18 Å². The molecule has 7 heteroatoms. The van der Waals surface area contributed by atoms with Gasteiger partial charge in [0, 0.05) is 24.6 Å². The summed E-state index contributed by atoms with van der Waals surface area (Å²) in [7, 11) is 1.57. The van der Waals surface area contributed by atoms with Crippen LogP contribution >= 0.6 is 0 Å². The maximum Gasteiger partial charge on any atom is 0.318 e. The van der Waals surface area contributed by atoms with E-state index in [1.165, 1.54) is 16.0 Å². The molecule has 3 amide bonds. The molecule has 3 rings (SSSR count). The number of halogens is 1. The molecule has 0 bridgehead atoms. The minimum absolute atomic E-state index is 0.141. The second kappa shape index (κ2) is 8.88. The lowest BCUT2D eigenvalue weighted by Crippen LogP contribution is -2.49. The first-order valence-corrected chi connectivity index (χ1v) is 10.3. The van der Waals surface area contributed by atoms with E-state index in [1.54, 1.807) is 25.2 Å². The first kappa shape index (κ1) is 22.5. The number of nitrogens with one attached hydrogen (secondary N) is 1. The molecule has 1 atom stereocenters. The summed E-state index contributed by atoms with van der Waals surface area (Å²) in [6.45, 7) is 7.47. The first-order valence-electron chi connectivity index (χ1n) is 10.3. The molecule has 0 unspecified atom stereocenters. The molecule has 0 saturated heterocycles. The summed E-state index contributed by atoms with van der Waals surface area (Å²) in [5, 5.41) is 8.71. The van der Waals surface area contributed by atoms with Crippen molar-refractivity contribution in [3.63, 3.8) is 0 Å². The topological polar surface area (TPSA) is 65.0 Å². The minimum Gasteiger partial charge on any atom is -0.333 e. The molecular weight excluding hydrogens is 395 g/mol. The zero-order valence-corrected chi connectivity index (χ0v) is 18.6. The van der Waals surface area contributed by atoms with Crippen LogP contribution in [0, 0.1) is 12.7 Å². The second-order valence-electron chi connectivity index (χ2n) is 8.93. The van der Waals surface area contributed by atoms with Crippen molar-refractivity contribution in [2.24, 2.45) is 5.10 Å². The summed E-state index contributed by atoms with van der Waals surface area (Å²) >= 11 is 0. The number of rotatable bonds is 4. The third-order valence-electron chi connectivity index (χ3n) is 5.01. The van der Waals surface area contributed by atoms with E-state index < -0.39 is 5.54 Å². The maximum absolute atomic E-state index is 14.4. The predicted octanol–water partition coefficient (Wildman–Crippen LogP) is 4.25. The normalized spacial score (nSPS) is 16.1. The lowest BCUT2D eigenvalue weighted by molar-refractivity contribution is -0.133. The molecule has 0 aliphatic carbocycles. The average molecular weight is 425 g/mol. The number of urea groups is 1. The van der Waals surface area contributed by atoms with Crippen LogP contribution in [-0.2, 0) is 4.79 Å². The molecule has 2 aromatic rings. The summed E-state index contributed by atoms with van der Waals surface area (Å²) in [4.78, 5) is 26.9. The largest absolute Gasteiger partial charge is 0.333 e. The van der Waals surface area contributed by atoms with Crippen molar-refractivity contribution in [2.45, 2.75) is 45.7 Å². The fourth-order valence-electron chi connectivity index (χ4n) is 3.41. The third-order valence-corrected chi connectivity index (χ3v) is 5.01. The quantitative estimate of drug-likeness (QED) is 0.797. The maximum atomic E-state index is 14.4. The fraction of sp³-hybridized carbons (Fsp3) is 0.375. The lowest BCUT2D eigenvalue weighted by Gasteiger charge is -2.28. The van der Waals surface area contributed by atoms with Gasteiger partial charge < -0.3 is 10.2 Å². The smallest absolute Gasteiger partial charge is 0.318 e. The molecule has 0 fully saturated rings. The molecule has 2 aromatic carbocycles. The summed E-state index contributed by atoms with van der Waals surface area (Å²) < 4.78 is 14.4. The van der Waals surface area contributed by atoms with Gasteiger partial charge in [-0.1, -0.05) is 48.0 Å². The highest BCUT2D eigenvalue weighted by Crippen LogP contribution is 2.33. The zero-order valence-electron chi connectivity index (χ0n) is 18.6. The highest BCUT2D eigenvalue weighted by Gasteiger charge is 2.34. The van der Waals surface area contributed by atoms with Crippen molar-refractivity contribution < 1.29 is 14.0 Å². The molecule has 0 spiro atoms. The van der Waals surface area contributed by atoms with Gasteiger partial charge in [-0.3, -0.25) is 4.79 Å². The van der Waals surface area contributed by atoms with Gasteiger partial charge in [0.2, 0.25) is 0 Å². The average Bonchev–Trinajstić information content (AvgIpc) is 3.13. The van der Waals surface area contributed by atoms with Crippen LogP contribution in [0.25, 0.3) is 0 Å². The van der Waals surface area contributed by atoms with Crippen molar-refractivity contribution in [3.05, 3.63) is 71.0 Å². The number of carbonyl (C=O) groups excluding carboxylic acids is 2. The van der Waals surface area contributed by atoms with Crippen LogP contribution < -0.4 is 5.32 Å². The Bertz CT molecular complexity index is 995. The van der Waals surface area contributed by atoms with Crippen molar-refractivity contribution in [3.8, 4) is 0 Å². The Morgan fingerprint density at radius 3 is 2.42 bits per heavy atom. The predicted molar refractivity (Wildman–Crippen MR) is 119 cm³/mol. The molecule has 1 aliphatic rings. The summed E-state index contributed by atoms with van der Waals surface area (Å²) in [5.74, 6) is -0.705. The Hall–Kier alpha value is -3.22. The molecule has 0 radical (unpaired) electrons. The van der Waals surface area contributed by atoms with Crippen LogP contribution in [0.3, 0.4) is 0 Å². The van der Waals surface area contributed by atoms with E-state index >= 15 is 0 Å². The Kier molecular flexibility index (Phi) is 6.43. The van der Waals surface area contributed by atoms with Gasteiger partial charge in [0.1, 0.15) is 12.4 Å². The Morgan fingerprint density at radius 2 is 1.81 bits per heavy atom. The molecular formula is C24H29FN4O2. The van der Waals surface area contributed by atoms with E-state index in [1.807, 2.05) is 52.0 Å². The van der Waals surface area contributed by atoms with Crippen LogP contribution in [0.15, 0.2) is 53.6 Å². The van der Waals surface area contributed by atoms with Gasteiger partial charge in [-0.2, -0.15) is 5.10 Å². The number of likely N-dealkylation sites (N-methyl/N-ethyl adjacent to an activating group) is 1. The standard InChI is InChI=1S/C24H29FN4O2/c1-16-10-12-17(13-11-16)21-14-20(18-8-6-7-9-19(18)25)27-29(21)22(30)15-28(5)23(31)26-24(2,3)4/h6-13,21H,14-15H2,1-5H3,(H,26,31)/t21-/m0/s1. The number of hydrogen-bond acceptors (Lipinski definition) is 3. The van der Waals surface area contributed by atoms with Crippen molar-refractivity contribution in [1.29, 1.82) is 0 Å². The number of hydrazone groups is 1. The Morgan fingerprint density at radius 1 is 1.16 bits per heavy atom. The highest BCUT2D eigenvalue weighted by atomic mass is 19.1. The molecule has 164 valence electrons. The Labute approximate surface area is 182 Å². The number of benzene rings is 2.